The van der Waals surface area contributed by atoms with E-state index in [1.54, 1.807) is 17.2 Å². The third kappa shape index (κ3) is 3.90. The number of hydrogen-bond acceptors (Lipinski definition) is 5. The predicted molar refractivity (Wildman–Crippen MR) is 102 cm³/mol. The van der Waals surface area contributed by atoms with E-state index in [0.717, 1.165) is 44.1 Å². The van der Waals surface area contributed by atoms with E-state index in [2.05, 4.69) is 20.4 Å². The lowest BCUT2D eigenvalue weighted by atomic mass is 9.88. The van der Waals surface area contributed by atoms with E-state index in [1.165, 1.54) is 12.7 Å². The number of rotatable bonds is 5. The van der Waals surface area contributed by atoms with Crippen LogP contribution in [-0.4, -0.2) is 49.0 Å². The molecule has 1 unspecified atom stereocenters. The van der Waals surface area contributed by atoms with Crippen molar-refractivity contribution >= 4 is 11.8 Å². The number of pyridine rings is 1. The number of nitrogens with zero attached hydrogens (tertiary/aromatic N) is 5. The Morgan fingerprint density at radius 3 is 2.79 bits per heavy atom. The van der Waals surface area contributed by atoms with Crippen LogP contribution in [0.2, 0.25) is 0 Å². The molecule has 2 aliphatic rings. The van der Waals surface area contributed by atoms with Crippen molar-refractivity contribution in [2.45, 2.75) is 57.5 Å². The fourth-order valence-corrected chi connectivity index (χ4v) is 4.28. The largest absolute Gasteiger partial charge is 0.350 e. The molecule has 1 aliphatic carbocycles. The second kappa shape index (κ2) is 8.50. The Morgan fingerprint density at radius 2 is 2.00 bits per heavy atom. The molecule has 0 spiro atoms. The van der Waals surface area contributed by atoms with E-state index in [1.807, 2.05) is 17.0 Å². The third-order valence-corrected chi connectivity index (χ3v) is 5.75. The molecule has 8 nitrogen and oxygen atoms in total. The molecular weight excluding hydrogens is 356 g/mol. The van der Waals surface area contributed by atoms with Gasteiger partial charge in [0.25, 0.3) is 0 Å². The highest BCUT2D eigenvalue weighted by Crippen LogP contribution is 2.28. The van der Waals surface area contributed by atoms with Gasteiger partial charge in [-0.15, -0.1) is 0 Å². The zero-order valence-corrected chi connectivity index (χ0v) is 16.0. The third-order valence-electron chi connectivity index (χ3n) is 5.75. The fourth-order valence-electron chi connectivity index (χ4n) is 4.28. The zero-order valence-electron chi connectivity index (χ0n) is 16.0. The number of amides is 2. The summed E-state index contributed by atoms with van der Waals surface area (Å²) in [4.78, 5) is 35.9. The first-order chi connectivity index (χ1) is 13.7. The molecule has 0 aromatic carbocycles. The van der Waals surface area contributed by atoms with Crippen LogP contribution in [-0.2, 0) is 16.1 Å². The summed E-state index contributed by atoms with van der Waals surface area (Å²) in [6.45, 7) is 1.02. The van der Waals surface area contributed by atoms with E-state index in [4.69, 9.17) is 0 Å². The summed E-state index contributed by atoms with van der Waals surface area (Å²) in [5.74, 6) is 0.818. The Morgan fingerprint density at radius 1 is 1.14 bits per heavy atom. The lowest BCUT2D eigenvalue weighted by Gasteiger charge is -2.30. The van der Waals surface area contributed by atoms with Gasteiger partial charge in [0.2, 0.25) is 11.8 Å². The number of hydrogen-bond donors (Lipinski definition) is 1. The molecule has 0 bridgehead atoms. The highest BCUT2D eigenvalue weighted by molar-refractivity contribution is 5.89. The minimum Gasteiger partial charge on any atom is -0.350 e. The Kier molecular flexibility index (Phi) is 5.64. The van der Waals surface area contributed by atoms with Gasteiger partial charge in [0.05, 0.1) is 0 Å². The SMILES string of the molecule is O=C(NCc1cccnc1-n1cncn1)C1CCCN1C(=O)C1CCCCC1. The molecule has 148 valence electrons. The van der Waals surface area contributed by atoms with Crippen LogP contribution in [0, 0.1) is 5.92 Å². The Balaban J connectivity index is 1.40. The summed E-state index contributed by atoms with van der Waals surface area (Å²) in [6.07, 6.45) is 11.7. The lowest BCUT2D eigenvalue weighted by Crippen LogP contribution is -2.48. The predicted octanol–water partition coefficient (Wildman–Crippen LogP) is 1.85. The standard InChI is InChI=1S/C20H26N6O2/c27-19(17-9-5-11-25(17)20(28)15-6-2-1-3-7-15)23-12-16-8-4-10-22-18(16)26-14-21-13-24-26/h4,8,10,13-15,17H,1-3,5-7,9,11-12H2,(H,23,27). The topological polar surface area (TPSA) is 93.0 Å². The number of carbonyl (C=O) groups excluding carboxylic acids is 2. The molecule has 2 fully saturated rings. The maximum Gasteiger partial charge on any atom is 0.243 e. The molecule has 3 heterocycles. The second-order valence-electron chi connectivity index (χ2n) is 7.57. The van der Waals surface area contributed by atoms with Crippen molar-refractivity contribution in [3.05, 3.63) is 36.5 Å². The molecular formula is C20H26N6O2. The average Bonchev–Trinajstić information content (AvgIpc) is 3.44. The van der Waals surface area contributed by atoms with Gasteiger partial charge in [0.15, 0.2) is 5.82 Å². The van der Waals surface area contributed by atoms with Crippen LogP contribution in [0.25, 0.3) is 5.82 Å². The maximum absolute atomic E-state index is 12.9. The maximum atomic E-state index is 12.9. The van der Waals surface area contributed by atoms with Gasteiger partial charge >= 0.3 is 0 Å². The van der Waals surface area contributed by atoms with Crippen LogP contribution in [0.1, 0.15) is 50.5 Å². The van der Waals surface area contributed by atoms with Crippen molar-refractivity contribution in [2.24, 2.45) is 5.92 Å². The molecule has 28 heavy (non-hydrogen) atoms. The first-order valence-electron chi connectivity index (χ1n) is 10.1. The molecule has 2 amide bonds. The zero-order chi connectivity index (χ0) is 19.3. The Labute approximate surface area is 164 Å². The summed E-state index contributed by atoms with van der Waals surface area (Å²) < 4.78 is 1.58. The van der Waals surface area contributed by atoms with Crippen molar-refractivity contribution < 1.29 is 9.59 Å². The Bertz CT molecular complexity index is 816. The number of nitrogens with one attached hydrogen (secondary N) is 1. The lowest BCUT2D eigenvalue weighted by molar-refractivity contribution is -0.142. The molecule has 1 saturated carbocycles. The van der Waals surface area contributed by atoms with E-state index in [9.17, 15) is 9.59 Å². The minimum absolute atomic E-state index is 0.0879. The van der Waals surface area contributed by atoms with Gasteiger partial charge < -0.3 is 10.2 Å². The van der Waals surface area contributed by atoms with Crippen LogP contribution < -0.4 is 5.32 Å². The summed E-state index contributed by atoms with van der Waals surface area (Å²) >= 11 is 0. The molecule has 4 rings (SSSR count). The quantitative estimate of drug-likeness (QED) is 0.852. The van der Waals surface area contributed by atoms with E-state index < -0.39 is 0 Å². The molecule has 1 saturated heterocycles. The average molecular weight is 382 g/mol. The highest BCUT2D eigenvalue weighted by atomic mass is 16.2. The number of aromatic nitrogens is 4. The summed E-state index contributed by atoms with van der Waals surface area (Å²) in [6, 6.07) is 3.38. The molecule has 2 aromatic heterocycles. The van der Waals surface area contributed by atoms with Gasteiger partial charge in [-0.05, 0) is 31.7 Å². The summed E-state index contributed by atoms with van der Waals surface area (Å²) in [5, 5.41) is 7.11. The van der Waals surface area contributed by atoms with Crippen LogP contribution in [0.5, 0.6) is 0 Å². The highest BCUT2D eigenvalue weighted by Gasteiger charge is 2.37. The second-order valence-corrected chi connectivity index (χ2v) is 7.57. The van der Waals surface area contributed by atoms with Crippen LogP contribution in [0.4, 0.5) is 0 Å². The van der Waals surface area contributed by atoms with E-state index in [-0.39, 0.29) is 23.8 Å². The van der Waals surface area contributed by atoms with Crippen molar-refractivity contribution in [2.75, 3.05) is 6.54 Å². The van der Waals surface area contributed by atoms with Crippen molar-refractivity contribution in [1.82, 2.24) is 30.0 Å². The fraction of sp³-hybridized carbons (Fsp3) is 0.550. The first kappa shape index (κ1) is 18.6. The molecule has 0 radical (unpaired) electrons. The van der Waals surface area contributed by atoms with Gasteiger partial charge in [0.1, 0.15) is 18.7 Å². The number of carbonyl (C=O) groups is 2. The molecule has 8 heteroatoms. The molecule has 1 N–H and O–H groups in total. The smallest absolute Gasteiger partial charge is 0.243 e. The summed E-state index contributed by atoms with van der Waals surface area (Å²) in [7, 11) is 0. The van der Waals surface area contributed by atoms with Gasteiger partial charge in [-0.1, -0.05) is 25.3 Å². The van der Waals surface area contributed by atoms with Crippen molar-refractivity contribution in [1.29, 1.82) is 0 Å². The molecule has 1 atom stereocenters. The molecule has 2 aromatic rings. The van der Waals surface area contributed by atoms with E-state index >= 15 is 0 Å². The first-order valence-corrected chi connectivity index (χ1v) is 10.1. The molecule has 1 aliphatic heterocycles. The normalized spacial score (nSPS) is 20.3. The van der Waals surface area contributed by atoms with E-state index in [0.29, 0.717) is 18.9 Å². The Hall–Kier alpha value is -2.77. The van der Waals surface area contributed by atoms with Crippen LogP contribution in [0.3, 0.4) is 0 Å². The van der Waals surface area contributed by atoms with Crippen molar-refractivity contribution in [3.63, 3.8) is 0 Å². The van der Waals surface area contributed by atoms with Crippen LogP contribution >= 0.6 is 0 Å². The van der Waals surface area contributed by atoms with Gasteiger partial charge in [-0.25, -0.2) is 14.6 Å². The summed E-state index contributed by atoms with van der Waals surface area (Å²) in [5.41, 5.74) is 0.851. The van der Waals surface area contributed by atoms with Gasteiger partial charge in [0, 0.05) is 30.8 Å². The van der Waals surface area contributed by atoms with Gasteiger partial charge in [-0.3, -0.25) is 9.59 Å². The monoisotopic (exact) mass is 382 g/mol. The number of likely N-dealkylation sites (tertiary alicyclic amines) is 1. The van der Waals surface area contributed by atoms with Crippen LogP contribution in [0.15, 0.2) is 31.0 Å². The van der Waals surface area contributed by atoms with Gasteiger partial charge in [-0.2, -0.15) is 5.10 Å². The van der Waals surface area contributed by atoms with Crippen molar-refractivity contribution in [3.8, 4) is 5.82 Å². The minimum atomic E-state index is -0.360.